The lowest BCUT2D eigenvalue weighted by atomic mass is 9.79. The Kier molecular flexibility index (Phi) is 3.14. The molecule has 0 bridgehead atoms. The van der Waals surface area contributed by atoms with E-state index in [1.54, 1.807) is 11.3 Å². The Morgan fingerprint density at radius 2 is 2.40 bits per heavy atom. The lowest BCUT2D eigenvalue weighted by Crippen LogP contribution is -2.42. The van der Waals surface area contributed by atoms with Crippen LogP contribution in [0.2, 0.25) is 0 Å². The molecule has 0 aliphatic carbocycles. The van der Waals surface area contributed by atoms with Gasteiger partial charge in [-0.25, -0.2) is 0 Å². The standard InChI is InChI=1S/C12H19NOS/c1-9-11(5-7-15-9)12(2,14)10-4-3-6-13-8-10/h5,7,10,13-14H,3-4,6,8H2,1-2H3. The summed E-state index contributed by atoms with van der Waals surface area (Å²) in [4.78, 5) is 1.24. The average molecular weight is 225 g/mol. The summed E-state index contributed by atoms with van der Waals surface area (Å²) in [6.45, 7) is 6.07. The fraction of sp³-hybridized carbons (Fsp3) is 0.667. The third-order valence-corrected chi connectivity index (χ3v) is 4.34. The maximum absolute atomic E-state index is 10.6. The van der Waals surface area contributed by atoms with Crippen molar-refractivity contribution >= 4 is 11.3 Å². The molecule has 2 unspecified atom stereocenters. The van der Waals surface area contributed by atoms with Gasteiger partial charge in [0.15, 0.2) is 0 Å². The molecule has 1 saturated heterocycles. The molecule has 0 saturated carbocycles. The summed E-state index contributed by atoms with van der Waals surface area (Å²) in [6, 6.07) is 2.06. The van der Waals surface area contributed by atoms with Gasteiger partial charge < -0.3 is 10.4 Å². The van der Waals surface area contributed by atoms with E-state index in [-0.39, 0.29) is 0 Å². The molecule has 1 aliphatic rings. The Hall–Kier alpha value is -0.380. The second kappa shape index (κ2) is 4.24. The van der Waals surface area contributed by atoms with Crippen molar-refractivity contribution in [1.29, 1.82) is 0 Å². The number of aliphatic hydroxyl groups is 1. The van der Waals surface area contributed by atoms with Gasteiger partial charge in [-0.2, -0.15) is 0 Å². The fourth-order valence-corrected chi connectivity index (χ4v) is 3.27. The minimum atomic E-state index is -0.669. The van der Waals surface area contributed by atoms with Crippen LogP contribution in [0.25, 0.3) is 0 Å². The Bertz CT molecular complexity index is 326. The normalized spacial score (nSPS) is 26.2. The van der Waals surface area contributed by atoms with E-state index >= 15 is 0 Å². The molecule has 2 rings (SSSR count). The van der Waals surface area contributed by atoms with Crippen LogP contribution in [0.5, 0.6) is 0 Å². The number of thiophene rings is 1. The van der Waals surface area contributed by atoms with Crippen molar-refractivity contribution in [3.8, 4) is 0 Å². The lowest BCUT2D eigenvalue weighted by molar-refractivity contribution is -0.0157. The first-order chi connectivity index (χ1) is 7.12. The number of hydrogen-bond donors (Lipinski definition) is 2. The van der Waals surface area contributed by atoms with E-state index < -0.39 is 5.60 Å². The molecule has 2 nitrogen and oxygen atoms in total. The van der Waals surface area contributed by atoms with Crippen LogP contribution < -0.4 is 5.32 Å². The molecule has 2 atom stereocenters. The van der Waals surface area contributed by atoms with Crippen molar-refractivity contribution in [3.63, 3.8) is 0 Å². The predicted molar refractivity (Wildman–Crippen MR) is 64.2 cm³/mol. The number of nitrogens with one attached hydrogen (secondary N) is 1. The average Bonchev–Trinajstić information content (AvgIpc) is 2.66. The quantitative estimate of drug-likeness (QED) is 0.809. The molecular weight excluding hydrogens is 206 g/mol. The van der Waals surface area contributed by atoms with Gasteiger partial charge in [0.25, 0.3) is 0 Å². The highest BCUT2D eigenvalue weighted by Crippen LogP contribution is 2.36. The summed E-state index contributed by atoms with van der Waals surface area (Å²) in [5.41, 5.74) is 0.443. The zero-order valence-corrected chi connectivity index (χ0v) is 10.2. The molecule has 2 heterocycles. The molecule has 0 aromatic carbocycles. The second-order valence-electron chi connectivity index (χ2n) is 4.58. The molecular formula is C12H19NOS. The van der Waals surface area contributed by atoms with E-state index in [2.05, 4.69) is 23.7 Å². The monoisotopic (exact) mass is 225 g/mol. The van der Waals surface area contributed by atoms with E-state index in [9.17, 15) is 5.11 Å². The molecule has 1 fully saturated rings. The molecule has 0 spiro atoms. The van der Waals surface area contributed by atoms with Gasteiger partial charge >= 0.3 is 0 Å². The van der Waals surface area contributed by atoms with Gasteiger partial charge in [0.2, 0.25) is 0 Å². The summed E-state index contributed by atoms with van der Waals surface area (Å²) in [5, 5.41) is 16.1. The van der Waals surface area contributed by atoms with E-state index in [0.717, 1.165) is 25.1 Å². The van der Waals surface area contributed by atoms with Crippen molar-refractivity contribution in [2.45, 2.75) is 32.3 Å². The van der Waals surface area contributed by atoms with Gasteiger partial charge in [-0.15, -0.1) is 11.3 Å². The Morgan fingerprint density at radius 1 is 1.60 bits per heavy atom. The molecule has 3 heteroatoms. The van der Waals surface area contributed by atoms with E-state index in [1.807, 2.05) is 6.92 Å². The second-order valence-corrected chi connectivity index (χ2v) is 5.70. The summed E-state index contributed by atoms with van der Waals surface area (Å²) >= 11 is 1.71. The maximum Gasteiger partial charge on any atom is 0.0919 e. The molecule has 0 radical (unpaired) electrons. The largest absolute Gasteiger partial charge is 0.385 e. The first kappa shape index (κ1) is 11.1. The minimum Gasteiger partial charge on any atom is -0.385 e. The van der Waals surface area contributed by atoms with Gasteiger partial charge in [0.05, 0.1) is 5.60 Å². The number of piperidine rings is 1. The summed E-state index contributed by atoms with van der Waals surface area (Å²) < 4.78 is 0. The Labute approximate surface area is 95.3 Å². The SMILES string of the molecule is Cc1sccc1C(C)(O)C1CCCNC1. The van der Waals surface area contributed by atoms with Crippen LogP contribution in [0.1, 0.15) is 30.2 Å². The minimum absolute atomic E-state index is 0.347. The lowest BCUT2D eigenvalue weighted by Gasteiger charge is -2.36. The third kappa shape index (κ3) is 2.10. The van der Waals surface area contributed by atoms with Crippen LogP contribution in [0.4, 0.5) is 0 Å². The van der Waals surface area contributed by atoms with Crippen molar-refractivity contribution in [3.05, 3.63) is 21.9 Å². The van der Waals surface area contributed by atoms with Crippen molar-refractivity contribution in [2.24, 2.45) is 5.92 Å². The molecule has 0 amide bonds. The van der Waals surface area contributed by atoms with Crippen LogP contribution in [0, 0.1) is 12.8 Å². The van der Waals surface area contributed by atoms with Crippen LogP contribution in [0.3, 0.4) is 0 Å². The number of aryl methyl sites for hydroxylation is 1. The van der Waals surface area contributed by atoms with E-state index in [0.29, 0.717) is 5.92 Å². The maximum atomic E-state index is 10.6. The Morgan fingerprint density at radius 3 is 2.93 bits per heavy atom. The van der Waals surface area contributed by atoms with Crippen molar-refractivity contribution in [1.82, 2.24) is 5.32 Å². The van der Waals surface area contributed by atoms with Gasteiger partial charge in [0, 0.05) is 17.3 Å². The zero-order valence-electron chi connectivity index (χ0n) is 9.42. The topological polar surface area (TPSA) is 32.3 Å². The highest BCUT2D eigenvalue weighted by molar-refractivity contribution is 7.10. The molecule has 1 aromatic heterocycles. The highest BCUT2D eigenvalue weighted by Gasteiger charge is 2.35. The van der Waals surface area contributed by atoms with Crippen LogP contribution in [-0.4, -0.2) is 18.2 Å². The molecule has 1 aromatic rings. The van der Waals surface area contributed by atoms with Gasteiger partial charge in [-0.05, 0) is 50.2 Å². The third-order valence-electron chi connectivity index (χ3n) is 3.50. The Balaban J connectivity index is 2.21. The van der Waals surface area contributed by atoms with Crippen molar-refractivity contribution in [2.75, 3.05) is 13.1 Å². The van der Waals surface area contributed by atoms with Gasteiger partial charge in [0.1, 0.15) is 0 Å². The summed E-state index contributed by atoms with van der Waals surface area (Å²) in [7, 11) is 0. The van der Waals surface area contributed by atoms with Crippen LogP contribution >= 0.6 is 11.3 Å². The van der Waals surface area contributed by atoms with E-state index in [1.165, 1.54) is 11.3 Å². The van der Waals surface area contributed by atoms with E-state index in [4.69, 9.17) is 0 Å². The molecule has 84 valence electrons. The van der Waals surface area contributed by atoms with Crippen LogP contribution in [0.15, 0.2) is 11.4 Å². The number of hydrogen-bond acceptors (Lipinski definition) is 3. The van der Waals surface area contributed by atoms with Crippen LogP contribution in [-0.2, 0) is 5.60 Å². The first-order valence-corrected chi connectivity index (χ1v) is 6.48. The highest BCUT2D eigenvalue weighted by atomic mass is 32.1. The van der Waals surface area contributed by atoms with Gasteiger partial charge in [-0.3, -0.25) is 0 Å². The predicted octanol–water partition coefficient (Wildman–Crippen LogP) is 2.26. The summed E-state index contributed by atoms with van der Waals surface area (Å²) in [5.74, 6) is 0.347. The molecule has 1 aliphatic heterocycles. The smallest absolute Gasteiger partial charge is 0.0919 e. The first-order valence-electron chi connectivity index (χ1n) is 5.60. The fourth-order valence-electron chi connectivity index (χ4n) is 2.46. The van der Waals surface area contributed by atoms with Gasteiger partial charge in [-0.1, -0.05) is 0 Å². The number of rotatable bonds is 2. The zero-order chi connectivity index (χ0) is 10.9. The molecule has 2 N–H and O–H groups in total. The molecule has 15 heavy (non-hydrogen) atoms. The summed E-state index contributed by atoms with van der Waals surface area (Å²) in [6.07, 6.45) is 2.29. The van der Waals surface area contributed by atoms with Crippen molar-refractivity contribution < 1.29 is 5.11 Å².